The first-order chi connectivity index (χ1) is 12.7. The number of benzene rings is 1. The zero-order valence-electron chi connectivity index (χ0n) is 15.4. The molecule has 0 saturated carbocycles. The van der Waals surface area contributed by atoms with Crippen molar-refractivity contribution in [2.75, 3.05) is 24.5 Å². The molecule has 0 atom stereocenters. The first-order valence-corrected chi connectivity index (χ1v) is 9.67. The Morgan fingerprint density at radius 2 is 1.69 bits per heavy atom. The fourth-order valence-corrected chi connectivity index (χ4v) is 3.91. The van der Waals surface area contributed by atoms with Crippen LogP contribution in [-0.2, 0) is 13.0 Å². The molecule has 5 nitrogen and oxygen atoms in total. The normalized spacial score (nSPS) is 17.6. The van der Waals surface area contributed by atoms with E-state index in [0.29, 0.717) is 11.6 Å². The van der Waals surface area contributed by atoms with E-state index >= 15 is 0 Å². The van der Waals surface area contributed by atoms with E-state index < -0.39 is 0 Å². The van der Waals surface area contributed by atoms with E-state index in [2.05, 4.69) is 39.1 Å². The van der Waals surface area contributed by atoms with Crippen molar-refractivity contribution < 1.29 is 4.79 Å². The van der Waals surface area contributed by atoms with Gasteiger partial charge in [-0.15, -0.1) is 0 Å². The lowest BCUT2D eigenvalue weighted by Gasteiger charge is -2.29. The average Bonchev–Trinajstić information content (AvgIpc) is 2.96. The quantitative estimate of drug-likeness (QED) is 0.833. The summed E-state index contributed by atoms with van der Waals surface area (Å²) in [6.45, 7) is 5.32. The second kappa shape index (κ2) is 7.44. The molecule has 1 amide bonds. The summed E-state index contributed by atoms with van der Waals surface area (Å²) in [4.78, 5) is 26.4. The van der Waals surface area contributed by atoms with Crippen LogP contribution in [0, 0.1) is 6.92 Å². The summed E-state index contributed by atoms with van der Waals surface area (Å²) in [6, 6.07) is 10.4. The Labute approximate surface area is 155 Å². The molecule has 26 heavy (non-hydrogen) atoms. The first kappa shape index (κ1) is 17.0. The van der Waals surface area contributed by atoms with Crippen LogP contribution in [0.15, 0.2) is 30.3 Å². The molecule has 1 aromatic heterocycles. The van der Waals surface area contributed by atoms with Crippen molar-refractivity contribution >= 4 is 11.9 Å². The second-order valence-electron chi connectivity index (χ2n) is 7.34. The summed E-state index contributed by atoms with van der Waals surface area (Å²) >= 11 is 0. The van der Waals surface area contributed by atoms with E-state index in [4.69, 9.17) is 0 Å². The molecule has 0 N–H and O–H groups in total. The molecular weight excluding hydrogens is 324 g/mol. The first-order valence-electron chi connectivity index (χ1n) is 9.67. The SMILES string of the molecule is Cc1cc(C(=O)N2CCCCCC2)nc(N2CCc3ccccc3C2)n1. The number of aromatic nitrogens is 2. The standard InChI is InChI=1S/C21H26N4O/c1-16-14-19(20(26)24-11-6-2-3-7-12-24)23-21(22-16)25-13-10-17-8-4-5-9-18(17)15-25/h4-5,8-9,14H,2-3,6-7,10-13,15H2,1H3. The Balaban J connectivity index is 1.57. The van der Waals surface area contributed by atoms with Crippen molar-refractivity contribution in [3.05, 3.63) is 52.8 Å². The number of anilines is 1. The highest BCUT2D eigenvalue weighted by Gasteiger charge is 2.23. The van der Waals surface area contributed by atoms with Crippen LogP contribution >= 0.6 is 0 Å². The van der Waals surface area contributed by atoms with E-state index in [1.54, 1.807) is 0 Å². The van der Waals surface area contributed by atoms with Crippen molar-refractivity contribution in [3.8, 4) is 0 Å². The predicted molar refractivity (Wildman–Crippen MR) is 102 cm³/mol. The van der Waals surface area contributed by atoms with Crippen LogP contribution in [0.2, 0.25) is 0 Å². The highest BCUT2D eigenvalue weighted by Crippen LogP contribution is 2.23. The zero-order chi connectivity index (χ0) is 17.9. The average molecular weight is 350 g/mol. The highest BCUT2D eigenvalue weighted by atomic mass is 16.2. The topological polar surface area (TPSA) is 49.3 Å². The third-order valence-corrected chi connectivity index (χ3v) is 5.37. The van der Waals surface area contributed by atoms with Gasteiger partial charge in [0.05, 0.1) is 0 Å². The van der Waals surface area contributed by atoms with Gasteiger partial charge in [0, 0.05) is 31.9 Å². The molecule has 2 aliphatic rings. The molecule has 1 aromatic carbocycles. The maximum absolute atomic E-state index is 13.0. The number of fused-ring (bicyclic) bond motifs is 1. The maximum Gasteiger partial charge on any atom is 0.272 e. The molecule has 0 bridgehead atoms. The van der Waals surface area contributed by atoms with Crippen molar-refractivity contribution in [1.29, 1.82) is 0 Å². The second-order valence-corrected chi connectivity index (χ2v) is 7.34. The summed E-state index contributed by atoms with van der Waals surface area (Å²) in [6.07, 6.45) is 5.59. The Kier molecular flexibility index (Phi) is 4.87. The van der Waals surface area contributed by atoms with Gasteiger partial charge in [0.25, 0.3) is 5.91 Å². The van der Waals surface area contributed by atoms with Crippen LogP contribution in [0.1, 0.15) is 53.0 Å². The molecule has 0 aliphatic carbocycles. The Hall–Kier alpha value is -2.43. The minimum Gasteiger partial charge on any atom is -0.337 e. The molecule has 3 heterocycles. The molecular formula is C21H26N4O. The van der Waals surface area contributed by atoms with Crippen LogP contribution in [0.5, 0.6) is 0 Å². The molecule has 0 spiro atoms. The van der Waals surface area contributed by atoms with Gasteiger partial charge in [-0.2, -0.15) is 0 Å². The van der Waals surface area contributed by atoms with E-state index in [-0.39, 0.29) is 5.91 Å². The van der Waals surface area contributed by atoms with Gasteiger partial charge in [0.1, 0.15) is 5.69 Å². The molecule has 0 radical (unpaired) electrons. The molecule has 4 rings (SSSR count). The number of hydrogen-bond acceptors (Lipinski definition) is 4. The zero-order valence-corrected chi connectivity index (χ0v) is 15.4. The summed E-state index contributed by atoms with van der Waals surface area (Å²) in [5.74, 6) is 0.730. The van der Waals surface area contributed by atoms with Crippen LogP contribution in [-0.4, -0.2) is 40.4 Å². The van der Waals surface area contributed by atoms with Gasteiger partial charge in [-0.05, 0) is 43.4 Å². The van der Waals surface area contributed by atoms with Crippen LogP contribution in [0.3, 0.4) is 0 Å². The van der Waals surface area contributed by atoms with Crippen molar-refractivity contribution in [2.24, 2.45) is 0 Å². The largest absolute Gasteiger partial charge is 0.337 e. The van der Waals surface area contributed by atoms with Crippen molar-refractivity contribution in [2.45, 2.75) is 45.6 Å². The summed E-state index contributed by atoms with van der Waals surface area (Å²) in [5.41, 5.74) is 4.11. The number of amides is 1. The Morgan fingerprint density at radius 3 is 2.46 bits per heavy atom. The maximum atomic E-state index is 13.0. The van der Waals surface area contributed by atoms with E-state index in [9.17, 15) is 4.79 Å². The monoisotopic (exact) mass is 350 g/mol. The van der Waals surface area contributed by atoms with Gasteiger partial charge >= 0.3 is 0 Å². The molecule has 2 aliphatic heterocycles. The van der Waals surface area contributed by atoms with Crippen LogP contribution < -0.4 is 4.90 Å². The van der Waals surface area contributed by atoms with Crippen molar-refractivity contribution in [1.82, 2.24) is 14.9 Å². The smallest absolute Gasteiger partial charge is 0.272 e. The lowest BCUT2D eigenvalue weighted by molar-refractivity contribution is 0.0755. The number of carbonyl (C=O) groups excluding carboxylic acids is 1. The number of rotatable bonds is 2. The predicted octanol–water partition coefficient (Wildman–Crippen LogP) is 3.36. The molecule has 136 valence electrons. The molecule has 2 aromatic rings. The lowest BCUT2D eigenvalue weighted by Crippen LogP contribution is -2.35. The number of likely N-dealkylation sites (tertiary alicyclic amines) is 1. The van der Waals surface area contributed by atoms with Gasteiger partial charge in [-0.25, -0.2) is 9.97 Å². The molecule has 1 saturated heterocycles. The van der Waals surface area contributed by atoms with Gasteiger partial charge in [-0.1, -0.05) is 37.1 Å². The van der Waals surface area contributed by atoms with Gasteiger partial charge in [0.15, 0.2) is 0 Å². The van der Waals surface area contributed by atoms with E-state index in [1.165, 1.54) is 24.0 Å². The van der Waals surface area contributed by atoms with Crippen molar-refractivity contribution in [3.63, 3.8) is 0 Å². The molecule has 1 fully saturated rings. The van der Waals surface area contributed by atoms with Gasteiger partial charge in [-0.3, -0.25) is 4.79 Å². The highest BCUT2D eigenvalue weighted by molar-refractivity contribution is 5.92. The van der Waals surface area contributed by atoms with Crippen LogP contribution in [0.25, 0.3) is 0 Å². The van der Waals surface area contributed by atoms with E-state index in [0.717, 1.165) is 51.1 Å². The van der Waals surface area contributed by atoms with E-state index in [1.807, 2.05) is 17.9 Å². The minimum atomic E-state index is 0.0519. The number of aryl methyl sites for hydroxylation is 1. The fourth-order valence-electron chi connectivity index (χ4n) is 3.91. The number of nitrogens with zero attached hydrogens (tertiary/aromatic N) is 4. The lowest BCUT2D eigenvalue weighted by atomic mass is 10.0. The Morgan fingerprint density at radius 1 is 0.962 bits per heavy atom. The Bertz CT molecular complexity index is 796. The third kappa shape index (κ3) is 3.57. The molecule has 5 heteroatoms. The van der Waals surface area contributed by atoms with Gasteiger partial charge in [0.2, 0.25) is 5.95 Å². The fraction of sp³-hybridized carbons (Fsp3) is 0.476. The third-order valence-electron chi connectivity index (χ3n) is 5.37. The number of hydrogen-bond donors (Lipinski definition) is 0. The summed E-state index contributed by atoms with van der Waals surface area (Å²) in [5, 5.41) is 0. The summed E-state index contributed by atoms with van der Waals surface area (Å²) < 4.78 is 0. The van der Waals surface area contributed by atoms with Crippen LogP contribution in [0.4, 0.5) is 5.95 Å². The number of carbonyl (C=O) groups is 1. The minimum absolute atomic E-state index is 0.0519. The molecule has 0 unspecified atom stereocenters. The summed E-state index contributed by atoms with van der Waals surface area (Å²) in [7, 11) is 0. The van der Waals surface area contributed by atoms with Gasteiger partial charge < -0.3 is 9.80 Å².